The number of piperidine rings is 1. The van der Waals surface area contributed by atoms with Gasteiger partial charge < -0.3 is 4.74 Å². The van der Waals surface area contributed by atoms with Gasteiger partial charge in [0.1, 0.15) is 0 Å². The highest BCUT2D eigenvalue weighted by molar-refractivity contribution is 5.15. The summed E-state index contributed by atoms with van der Waals surface area (Å²) in [6.45, 7) is 7.12. The molecule has 0 saturated carbocycles. The molecule has 1 aliphatic rings. The molecule has 0 N–H and O–H groups in total. The Morgan fingerprint density at radius 3 is 2.52 bits per heavy atom. The van der Waals surface area contributed by atoms with Crippen molar-refractivity contribution in [3.63, 3.8) is 0 Å². The zero-order valence-corrected chi connectivity index (χ0v) is 15.7. The first-order valence-corrected chi connectivity index (χ1v) is 9.51. The molecule has 0 bridgehead atoms. The molecule has 0 aliphatic carbocycles. The molecule has 1 fully saturated rings. The van der Waals surface area contributed by atoms with Gasteiger partial charge in [-0.25, -0.2) is 0 Å². The third kappa shape index (κ3) is 5.16. The first-order valence-electron chi connectivity index (χ1n) is 9.51. The van der Waals surface area contributed by atoms with Crippen molar-refractivity contribution in [3.8, 4) is 0 Å². The Bertz CT molecular complexity index is 630. The molecule has 4 heteroatoms. The molecule has 0 atom stereocenters. The van der Waals surface area contributed by atoms with Crippen LogP contribution in [0.1, 0.15) is 37.3 Å². The minimum absolute atomic E-state index is 0.331. The minimum atomic E-state index is 0.331. The van der Waals surface area contributed by atoms with E-state index in [9.17, 15) is 0 Å². The molecule has 0 radical (unpaired) electrons. The van der Waals surface area contributed by atoms with Crippen LogP contribution in [-0.2, 0) is 24.8 Å². The van der Waals surface area contributed by atoms with Crippen LogP contribution in [-0.4, -0.2) is 41.0 Å². The van der Waals surface area contributed by atoms with E-state index in [1.165, 1.54) is 30.4 Å². The largest absolute Gasteiger partial charge is 0.381 e. The van der Waals surface area contributed by atoms with Gasteiger partial charge >= 0.3 is 0 Å². The van der Waals surface area contributed by atoms with Crippen LogP contribution in [0.2, 0.25) is 0 Å². The molecular formula is C21H31N3O. The van der Waals surface area contributed by atoms with Crippen molar-refractivity contribution in [3.05, 3.63) is 53.9 Å². The van der Waals surface area contributed by atoms with E-state index in [1.807, 2.05) is 17.9 Å². The Labute approximate surface area is 151 Å². The smallest absolute Gasteiger partial charge is 0.0534 e. The van der Waals surface area contributed by atoms with E-state index in [1.54, 1.807) is 0 Å². The van der Waals surface area contributed by atoms with E-state index in [2.05, 4.69) is 53.5 Å². The van der Waals surface area contributed by atoms with Crippen molar-refractivity contribution >= 4 is 0 Å². The van der Waals surface area contributed by atoms with Gasteiger partial charge in [0.2, 0.25) is 0 Å². The predicted octanol–water partition coefficient (Wildman–Crippen LogP) is 3.67. The average molecular weight is 341 g/mol. The van der Waals surface area contributed by atoms with Gasteiger partial charge in [-0.05, 0) is 56.7 Å². The van der Waals surface area contributed by atoms with Gasteiger partial charge in [0.05, 0.1) is 12.8 Å². The quantitative estimate of drug-likeness (QED) is 0.734. The molecule has 1 saturated heterocycles. The Kier molecular flexibility index (Phi) is 6.27. The SMILES string of the molecule is CCOCC1(CCc2ccccc2)CCN(Cc2cnn(C)c2)CC1. The van der Waals surface area contributed by atoms with Gasteiger partial charge in [0.25, 0.3) is 0 Å². The second-order valence-corrected chi connectivity index (χ2v) is 7.42. The molecule has 3 rings (SSSR count). The molecule has 0 unspecified atom stereocenters. The normalized spacial score (nSPS) is 17.7. The third-order valence-corrected chi connectivity index (χ3v) is 5.48. The van der Waals surface area contributed by atoms with Gasteiger partial charge in [0.15, 0.2) is 0 Å². The molecule has 0 spiro atoms. The summed E-state index contributed by atoms with van der Waals surface area (Å²) in [5, 5.41) is 4.28. The first kappa shape index (κ1) is 18.2. The van der Waals surface area contributed by atoms with E-state index in [-0.39, 0.29) is 0 Å². The van der Waals surface area contributed by atoms with Crippen LogP contribution in [0.4, 0.5) is 0 Å². The van der Waals surface area contributed by atoms with Crippen LogP contribution >= 0.6 is 0 Å². The summed E-state index contributed by atoms with van der Waals surface area (Å²) in [5.74, 6) is 0. The molecular weight excluding hydrogens is 310 g/mol. The van der Waals surface area contributed by atoms with E-state index >= 15 is 0 Å². The van der Waals surface area contributed by atoms with E-state index in [4.69, 9.17) is 4.74 Å². The lowest BCUT2D eigenvalue weighted by Crippen LogP contribution is -2.42. The number of aryl methyl sites for hydroxylation is 2. The number of hydrogen-bond donors (Lipinski definition) is 0. The van der Waals surface area contributed by atoms with Crippen molar-refractivity contribution in [2.45, 2.75) is 39.2 Å². The third-order valence-electron chi connectivity index (χ3n) is 5.48. The average Bonchev–Trinajstić information content (AvgIpc) is 3.06. The summed E-state index contributed by atoms with van der Waals surface area (Å²) in [6.07, 6.45) is 8.92. The van der Waals surface area contributed by atoms with Crippen molar-refractivity contribution in [1.29, 1.82) is 0 Å². The maximum absolute atomic E-state index is 5.89. The number of hydrogen-bond acceptors (Lipinski definition) is 3. The lowest BCUT2D eigenvalue weighted by atomic mass is 9.74. The second-order valence-electron chi connectivity index (χ2n) is 7.42. The van der Waals surface area contributed by atoms with Crippen LogP contribution in [0.25, 0.3) is 0 Å². The van der Waals surface area contributed by atoms with Crippen molar-refractivity contribution in [1.82, 2.24) is 14.7 Å². The number of likely N-dealkylation sites (tertiary alicyclic amines) is 1. The maximum atomic E-state index is 5.89. The van der Waals surface area contributed by atoms with Crippen LogP contribution in [0.5, 0.6) is 0 Å². The predicted molar refractivity (Wildman–Crippen MR) is 101 cm³/mol. The fourth-order valence-corrected chi connectivity index (χ4v) is 3.84. The number of aromatic nitrogens is 2. The van der Waals surface area contributed by atoms with Crippen molar-refractivity contribution in [2.24, 2.45) is 12.5 Å². The van der Waals surface area contributed by atoms with Crippen LogP contribution in [0.3, 0.4) is 0 Å². The summed E-state index contributed by atoms with van der Waals surface area (Å²) < 4.78 is 7.78. The molecule has 1 aromatic carbocycles. The van der Waals surface area contributed by atoms with E-state index < -0.39 is 0 Å². The van der Waals surface area contributed by atoms with Gasteiger partial charge in [-0.1, -0.05) is 30.3 Å². The highest BCUT2D eigenvalue weighted by Gasteiger charge is 2.34. The highest BCUT2D eigenvalue weighted by atomic mass is 16.5. The Balaban J connectivity index is 1.56. The Hall–Kier alpha value is -1.65. The van der Waals surface area contributed by atoms with Crippen LogP contribution < -0.4 is 0 Å². The van der Waals surface area contributed by atoms with Gasteiger partial charge in [-0.15, -0.1) is 0 Å². The van der Waals surface area contributed by atoms with E-state index in [0.717, 1.165) is 39.3 Å². The number of ether oxygens (including phenoxy) is 1. The lowest BCUT2D eigenvalue weighted by molar-refractivity contribution is -0.00232. The zero-order valence-electron chi connectivity index (χ0n) is 15.7. The molecule has 25 heavy (non-hydrogen) atoms. The summed E-state index contributed by atoms with van der Waals surface area (Å²) in [6, 6.07) is 10.9. The summed E-state index contributed by atoms with van der Waals surface area (Å²) in [7, 11) is 1.98. The Morgan fingerprint density at radius 2 is 1.88 bits per heavy atom. The highest BCUT2D eigenvalue weighted by Crippen LogP contribution is 2.37. The fraction of sp³-hybridized carbons (Fsp3) is 0.571. The van der Waals surface area contributed by atoms with Crippen molar-refractivity contribution < 1.29 is 4.74 Å². The van der Waals surface area contributed by atoms with Crippen molar-refractivity contribution in [2.75, 3.05) is 26.3 Å². The molecule has 4 nitrogen and oxygen atoms in total. The first-order chi connectivity index (χ1) is 12.2. The molecule has 2 aromatic rings. The molecule has 136 valence electrons. The number of benzene rings is 1. The molecule has 0 amide bonds. The standard InChI is InChI=1S/C21H31N3O/c1-3-25-18-21(10-9-19-7-5-4-6-8-19)11-13-24(14-12-21)17-20-15-22-23(2)16-20/h4-8,15-16H,3,9-14,17-18H2,1-2H3. The van der Waals surface area contributed by atoms with Gasteiger partial charge in [-0.3, -0.25) is 9.58 Å². The zero-order chi connectivity index (χ0) is 17.5. The Morgan fingerprint density at radius 1 is 1.12 bits per heavy atom. The lowest BCUT2D eigenvalue weighted by Gasteiger charge is -2.42. The summed E-state index contributed by atoms with van der Waals surface area (Å²) in [5.41, 5.74) is 3.08. The second kappa shape index (κ2) is 8.63. The monoisotopic (exact) mass is 341 g/mol. The molecule has 1 aromatic heterocycles. The van der Waals surface area contributed by atoms with E-state index in [0.29, 0.717) is 5.41 Å². The maximum Gasteiger partial charge on any atom is 0.0534 e. The van der Waals surface area contributed by atoms with Crippen LogP contribution in [0.15, 0.2) is 42.7 Å². The van der Waals surface area contributed by atoms with Gasteiger partial charge in [-0.2, -0.15) is 5.10 Å². The molecule has 1 aliphatic heterocycles. The summed E-state index contributed by atoms with van der Waals surface area (Å²) >= 11 is 0. The van der Waals surface area contributed by atoms with Gasteiger partial charge in [0, 0.05) is 32.0 Å². The fourth-order valence-electron chi connectivity index (χ4n) is 3.84. The topological polar surface area (TPSA) is 30.3 Å². The number of rotatable bonds is 8. The van der Waals surface area contributed by atoms with Crippen LogP contribution in [0, 0.1) is 5.41 Å². The number of nitrogens with zero attached hydrogens (tertiary/aromatic N) is 3. The minimum Gasteiger partial charge on any atom is -0.381 e. The summed E-state index contributed by atoms with van der Waals surface area (Å²) in [4.78, 5) is 2.56. The molecule has 2 heterocycles.